The smallest absolute Gasteiger partial charge is 0.231 e. The van der Waals surface area contributed by atoms with E-state index in [0.29, 0.717) is 0 Å². The molecule has 2 aromatic rings. The molecule has 1 aliphatic heterocycles. The molecule has 1 amide bonds. The summed E-state index contributed by atoms with van der Waals surface area (Å²) in [5, 5.41) is 3.06. The van der Waals surface area contributed by atoms with Gasteiger partial charge in [0.25, 0.3) is 0 Å². The van der Waals surface area contributed by atoms with Crippen LogP contribution >= 0.6 is 0 Å². The highest BCUT2D eigenvalue weighted by molar-refractivity contribution is 5.97. The molecular weight excluding hydrogens is 234 g/mol. The molecule has 2 nitrogen and oxygen atoms in total. The molecule has 1 aliphatic rings. The van der Waals surface area contributed by atoms with Crippen molar-refractivity contribution in [2.45, 2.75) is 25.7 Å². The lowest BCUT2D eigenvalue weighted by Crippen LogP contribution is -2.19. The molecule has 1 heterocycles. The number of anilines is 1. The Bertz CT molecular complexity index is 604. The molecule has 0 fully saturated rings. The zero-order chi connectivity index (χ0) is 13.2. The van der Waals surface area contributed by atoms with Crippen molar-refractivity contribution < 1.29 is 4.79 Å². The molecule has 1 atom stereocenters. The average Bonchev–Trinajstić information content (AvgIpc) is 2.58. The van der Waals surface area contributed by atoms with Crippen molar-refractivity contribution in [2.75, 3.05) is 5.32 Å². The summed E-state index contributed by atoms with van der Waals surface area (Å²) in [5.74, 6) is 0.0581. The Hall–Kier alpha value is -2.09. The van der Waals surface area contributed by atoms with E-state index < -0.39 is 0 Å². The minimum Gasteiger partial charge on any atom is -0.325 e. The molecule has 0 saturated heterocycles. The van der Waals surface area contributed by atoms with Crippen LogP contribution in [-0.4, -0.2) is 5.91 Å². The molecule has 0 spiro atoms. The van der Waals surface area contributed by atoms with Gasteiger partial charge in [-0.05, 0) is 37.0 Å². The quantitative estimate of drug-likeness (QED) is 0.823. The second kappa shape index (κ2) is 4.88. The van der Waals surface area contributed by atoms with Crippen LogP contribution in [0.25, 0.3) is 0 Å². The van der Waals surface area contributed by atoms with E-state index in [-0.39, 0.29) is 11.8 Å². The molecule has 0 saturated carbocycles. The molecule has 0 aromatic heterocycles. The third-order valence-electron chi connectivity index (χ3n) is 3.74. The molecule has 19 heavy (non-hydrogen) atoms. The molecule has 2 aromatic carbocycles. The van der Waals surface area contributed by atoms with Gasteiger partial charge in [-0.15, -0.1) is 0 Å². The van der Waals surface area contributed by atoms with Gasteiger partial charge in [0, 0.05) is 5.69 Å². The van der Waals surface area contributed by atoms with Crippen molar-refractivity contribution in [1.82, 2.24) is 0 Å². The molecule has 2 heteroatoms. The van der Waals surface area contributed by atoms with Crippen LogP contribution in [-0.2, 0) is 11.2 Å². The molecule has 0 aliphatic carbocycles. The minimum atomic E-state index is -0.0473. The summed E-state index contributed by atoms with van der Waals surface area (Å²) in [7, 11) is 0. The summed E-state index contributed by atoms with van der Waals surface area (Å²) in [5.41, 5.74) is 4.55. The van der Waals surface area contributed by atoms with Gasteiger partial charge in [0.05, 0.1) is 5.92 Å². The fraction of sp³-hybridized carbons (Fsp3) is 0.235. The van der Waals surface area contributed by atoms with Crippen LogP contribution in [0.2, 0.25) is 0 Å². The normalized spacial score (nSPS) is 18.4. The maximum absolute atomic E-state index is 12.4. The van der Waals surface area contributed by atoms with Gasteiger partial charge in [-0.25, -0.2) is 0 Å². The number of carbonyl (C=O) groups is 1. The number of rotatable bonds is 1. The lowest BCUT2D eigenvalue weighted by molar-refractivity contribution is -0.117. The highest BCUT2D eigenvalue weighted by Crippen LogP contribution is 2.30. The van der Waals surface area contributed by atoms with Crippen LogP contribution in [0.3, 0.4) is 0 Å². The second-order valence-electron chi connectivity index (χ2n) is 5.15. The molecule has 0 radical (unpaired) electrons. The van der Waals surface area contributed by atoms with Gasteiger partial charge in [-0.1, -0.05) is 48.0 Å². The van der Waals surface area contributed by atoms with E-state index in [0.717, 1.165) is 24.1 Å². The number of benzene rings is 2. The Labute approximate surface area is 113 Å². The zero-order valence-corrected chi connectivity index (χ0v) is 11.0. The van der Waals surface area contributed by atoms with Crippen LogP contribution in [0.1, 0.15) is 29.0 Å². The number of nitrogens with one attached hydrogen (secondary N) is 1. The number of amides is 1. The third-order valence-corrected chi connectivity index (χ3v) is 3.74. The fourth-order valence-electron chi connectivity index (χ4n) is 2.71. The van der Waals surface area contributed by atoms with Crippen molar-refractivity contribution in [3.8, 4) is 0 Å². The SMILES string of the molecule is Cc1ccc2c(c1)CC[C@H](c1ccccc1)C(=O)N2. The Balaban J connectivity index is 1.92. The van der Waals surface area contributed by atoms with Crippen molar-refractivity contribution in [2.24, 2.45) is 0 Å². The predicted molar refractivity (Wildman–Crippen MR) is 77.3 cm³/mol. The summed E-state index contributed by atoms with van der Waals surface area (Å²) in [4.78, 5) is 12.4. The van der Waals surface area contributed by atoms with Gasteiger partial charge in [0.15, 0.2) is 0 Å². The number of hydrogen-bond acceptors (Lipinski definition) is 1. The standard InChI is InChI=1S/C17H17NO/c1-12-7-10-16-14(11-12)8-9-15(17(19)18-16)13-5-3-2-4-6-13/h2-7,10-11,15H,8-9H2,1H3,(H,18,19)/t15-/m1/s1. The van der Waals surface area contributed by atoms with E-state index in [1.807, 2.05) is 42.5 Å². The first-order chi connectivity index (χ1) is 9.24. The topological polar surface area (TPSA) is 29.1 Å². The monoisotopic (exact) mass is 251 g/mol. The third kappa shape index (κ3) is 2.39. The summed E-state index contributed by atoms with van der Waals surface area (Å²) in [6.45, 7) is 2.08. The van der Waals surface area contributed by atoms with E-state index in [2.05, 4.69) is 18.3 Å². The van der Waals surface area contributed by atoms with Gasteiger partial charge in [0.2, 0.25) is 5.91 Å². The molecular formula is C17H17NO. The van der Waals surface area contributed by atoms with Crippen molar-refractivity contribution in [3.63, 3.8) is 0 Å². The summed E-state index contributed by atoms with van der Waals surface area (Å²) >= 11 is 0. The van der Waals surface area contributed by atoms with Gasteiger partial charge in [-0.2, -0.15) is 0 Å². The van der Waals surface area contributed by atoms with E-state index in [4.69, 9.17) is 0 Å². The predicted octanol–water partition coefficient (Wildman–Crippen LogP) is 3.66. The first-order valence-electron chi connectivity index (χ1n) is 6.69. The molecule has 3 rings (SSSR count). The van der Waals surface area contributed by atoms with Crippen molar-refractivity contribution >= 4 is 11.6 Å². The van der Waals surface area contributed by atoms with E-state index >= 15 is 0 Å². The van der Waals surface area contributed by atoms with Gasteiger partial charge in [-0.3, -0.25) is 4.79 Å². The van der Waals surface area contributed by atoms with Crippen molar-refractivity contribution in [1.29, 1.82) is 0 Å². The zero-order valence-electron chi connectivity index (χ0n) is 11.0. The highest BCUT2D eigenvalue weighted by atomic mass is 16.1. The molecule has 96 valence electrons. The van der Waals surface area contributed by atoms with E-state index in [9.17, 15) is 4.79 Å². The van der Waals surface area contributed by atoms with Crippen LogP contribution in [0.5, 0.6) is 0 Å². The van der Waals surface area contributed by atoms with Gasteiger partial charge in [0.1, 0.15) is 0 Å². The largest absolute Gasteiger partial charge is 0.325 e. The minimum absolute atomic E-state index is 0.0473. The highest BCUT2D eigenvalue weighted by Gasteiger charge is 2.24. The first kappa shape index (κ1) is 12.0. The van der Waals surface area contributed by atoms with E-state index in [1.165, 1.54) is 11.1 Å². The van der Waals surface area contributed by atoms with Crippen molar-refractivity contribution in [3.05, 3.63) is 65.2 Å². The number of carbonyl (C=O) groups excluding carboxylic acids is 1. The number of aryl methyl sites for hydroxylation is 2. The summed E-state index contributed by atoms with van der Waals surface area (Å²) in [6.07, 6.45) is 1.81. The second-order valence-corrected chi connectivity index (χ2v) is 5.15. The number of hydrogen-bond donors (Lipinski definition) is 1. The number of fused-ring (bicyclic) bond motifs is 1. The van der Waals surface area contributed by atoms with Crippen LogP contribution in [0.4, 0.5) is 5.69 Å². The summed E-state index contributed by atoms with van der Waals surface area (Å²) < 4.78 is 0. The Kier molecular flexibility index (Phi) is 3.08. The Morgan fingerprint density at radius 1 is 1.11 bits per heavy atom. The van der Waals surface area contributed by atoms with Crippen LogP contribution < -0.4 is 5.32 Å². The lowest BCUT2D eigenvalue weighted by Gasteiger charge is -2.13. The van der Waals surface area contributed by atoms with E-state index in [1.54, 1.807) is 0 Å². The van der Waals surface area contributed by atoms with Gasteiger partial charge >= 0.3 is 0 Å². The summed E-state index contributed by atoms with van der Waals surface area (Å²) in [6, 6.07) is 16.3. The molecule has 0 unspecified atom stereocenters. The molecule has 0 bridgehead atoms. The Morgan fingerprint density at radius 3 is 2.68 bits per heavy atom. The Morgan fingerprint density at radius 2 is 1.89 bits per heavy atom. The lowest BCUT2D eigenvalue weighted by atomic mass is 9.93. The first-order valence-corrected chi connectivity index (χ1v) is 6.69. The maximum Gasteiger partial charge on any atom is 0.231 e. The van der Waals surface area contributed by atoms with Crippen LogP contribution in [0, 0.1) is 6.92 Å². The maximum atomic E-state index is 12.4. The fourth-order valence-corrected chi connectivity index (χ4v) is 2.71. The van der Waals surface area contributed by atoms with Crippen LogP contribution in [0.15, 0.2) is 48.5 Å². The van der Waals surface area contributed by atoms with Gasteiger partial charge < -0.3 is 5.32 Å². The molecule has 1 N–H and O–H groups in total. The average molecular weight is 251 g/mol.